The molecule has 0 N–H and O–H groups in total. The fourth-order valence-corrected chi connectivity index (χ4v) is 0.832. The Morgan fingerprint density at radius 3 is 3.00 bits per heavy atom. The Balaban J connectivity index is 2.44. The van der Waals surface area contributed by atoms with E-state index in [0.29, 0.717) is 13.0 Å². The molecule has 0 aliphatic rings. The van der Waals surface area contributed by atoms with Gasteiger partial charge in [-0.15, -0.1) is 5.10 Å². The van der Waals surface area contributed by atoms with Crippen LogP contribution < -0.4 is 0 Å². The monoisotopic (exact) mass is 157 g/mol. The van der Waals surface area contributed by atoms with Crippen molar-refractivity contribution in [1.29, 1.82) is 0 Å². The molecule has 1 rings (SSSR count). The van der Waals surface area contributed by atoms with Crippen LogP contribution in [0.4, 0.5) is 4.39 Å². The van der Waals surface area contributed by atoms with Crippen molar-refractivity contribution in [3.8, 4) is 0 Å². The summed E-state index contributed by atoms with van der Waals surface area (Å²) in [6.45, 7) is 2.36. The van der Waals surface area contributed by atoms with Crippen molar-refractivity contribution in [2.45, 2.75) is 26.3 Å². The number of hydrogen-bond donors (Lipinski definition) is 0. The second kappa shape index (κ2) is 4.05. The molecule has 1 aromatic heterocycles. The lowest BCUT2D eigenvalue weighted by Gasteiger charge is -1.93. The van der Waals surface area contributed by atoms with Gasteiger partial charge in [-0.25, -0.2) is 0 Å². The van der Waals surface area contributed by atoms with Crippen molar-refractivity contribution in [2.24, 2.45) is 0 Å². The molecule has 0 aromatic carbocycles. The molecule has 0 saturated carbocycles. The molecule has 0 unspecified atom stereocenters. The molecule has 0 saturated heterocycles. The van der Waals surface area contributed by atoms with E-state index < -0.39 is 0 Å². The molecule has 0 fully saturated rings. The van der Waals surface area contributed by atoms with Gasteiger partial charge in [-0.3, -0.25) is 9.07 Å². The summed E-state index contributed by atoms with van der Waals surface area (Å²) >= 11 is 0. The van der Waals surface area contributed by atoms with Crippen molar-refractivity contribution < 1.29 is 4.39 Å². The summed E-state index contributed by atoms with van der Waals surface area (Å²) in [7, 11) is 0. The summed E-state index contributed by atoms with van der Waals surface area (Å²) in [5.41, 5.74) is 0.962. The minimum absolute atomic E-state index is 0.290. The van der Waals surface area contributed by atoms with Crippen molar-refractivity contribution in [1.82, 2.24) is 15.0 Å². The molecule has 1 aromatic rings. The number of alkyl halides is 1. The third-order valence-corrected chi connectivity index (χ3v) is 1.47. The first-order valence-electron chi connectivity index (χ1n) is 3.81. The molecule has 3 nitrogen and oxygen atoms in total. The highest BCUT2D eigenvalue weighted by molar-refractivity contribution is 4.90. The Hall–Kier alpha value is -0.930. The minimum atomic E-state index is -0.290. The molecule has 0 spiro atoms. The molecule has 1 heterocycles. The van der Waals surface area contributed by atoms with Crippen LogP contribution in [0.3, 0.4) is 0 Å². The summed E-state index contributed by atoms with van der Waals surface area (Å²) in [5, 5.41) is 7.70. The predicted molar refractivity (Wildman–Crippen MR) is 40.0 cm³/mol. The minimum Gasteiger partial charge on any atom is -0.252 e. The van der Waals surface area contributed by atoms with Crippen LogP contribution in [-0.4, -0.2) is 21.7 Å². The predicted octanol–water partition coefficient (Wildman–Crippen LogP) is 1.20. The van der Waals surface area contributed by atoms with E-state index in [1.54, 1.807) is 4.68 Å². The van der Waals surface area contributed by atoms with Crippen LogP contribution in [0.25, 0.3) is 0 Å². The van der Waals surface area contributed by atoms with Gasteiger partial charge in [-0.2, -0.15) is 0 Å². The number of aryl methyl sites for hydroxylation is 2. The largest absolute Gasteiger partial charge is 0.252 e. The third-order valence-electron chi connectivity index (χ3n) is 1.47. The zero-order valence-electron chi connectivity index (χ0n) is 6.63. The van der Waals surface area contributed by atoms with Crippen LogP contribution in [0.1, 0.15) is 19.0 Å². The summed E-state index contributed by atoms with van der Waals surface area (Å²) in [4.78, 5) is 0. The van der Waals surface area contributed by atoms with Gasteiger partial charge in [0.2, 0.25) is 0 Å². The molecular weight excluding hydrogens is 145 g/mol. The van der Waals surface area contributed by atoms with Crippen LogP contribution in [0, 0.1) is 0 Å². The molecule has 0 radical (unpaired) electrons. The van der Waals surface area contributed by atoms with E-state index in [-0.39, 0.29) is 6.67 Å². The normalized spacial score (nSPS) is 10.4. The zero-order valence-corrected chi connectivity index (χ0v) is 6.63. The molecule has 11 heavy (non-hydrogen) atoms. The zero-order chi connectivity index (χ0) is 8.10. The molecule has 0 bridgehead atoms. The number of halogens is 1. The van der Waals surface area contributed by atoms with Gasteiger partial charge in [-0.1, -0.05) is 12.1 Å². The van der Waals surface area contributed by atoms with Gasteiger partial charge in [0.05, 0.1) is 12.4 Å². The average molecular weight is 157 g/mol. The highest BCUT2D eigenvalue weighted by Gasteiger charge is 1.96. The number of rotatable bonds is 4. The SMILES string of the molecule is CCc1cn(CCCF)nn1. The maximum absolute atomic E-state index is 11.7. The Labute approximate surface area is 65.2 Å². The van der Waals surface area contributed by atoms with Crippen LogP contribution in [0.5, 0.6) is 0 Å². The molecule has 0 aliphatic heterocycles. The maximum Gasteiger partial charge on any atom is 0.0912 e. The summed E-state index contributed by atoms with van der Waals surface area (Å²) in [6.07, 6.45) is 3.26. The first-order valence-corrected chi connectivity index (χ1v) is 3.81. The number of aromatic nitrogens is 3. The standard InChI is InChI=1S/C7H12FN3/c1-2-7-6-11(10-9-7)5-3-4-8/h6H,2-5H2,1H3. The van der Waals surface area contributed by atoms with E-state index in [4.69, 9.17) is 0 Å². The second-order valence-corrected chi connectivity index (χ2v) is 2.37. The fraction of sp³-hybridized carbons (Fsp3) is 0.714. The maximum atomic E-state index is 11.7. The van der Waals surface area contributed by atoms with Crippen LogP contribution in [0.15, 0.2) is 6.20 Å². The first-order chi connectivity index (χ1) is 5.36. The molecule has 4 heteroatoms. The van der Waals surface area contributed by atoms with Gasteiger partial charge < -0.3 is 0 Å². The second-order valence-electron chi connectivity index (χ2n) is 2.37. The lowest BCUT2D eigenvalue weighted by atomic mass is 10.4. The molecule has 62 valence electrons. The van der Waals surface area contributed by atoms with Gasteiger partial charge in [0.15, 0.2) is 0 Å². The van der Waals surface area contributed by atoms with Gasteiger partial charge in [0, 0.05) is 12.7 Å². The van der Waals surface area contributed by atoms with Crippen LogP contribution >= 0.6 is 0 Å². The van der Waals surface area contributed by atoms with Crippen molar-refractivity contribution >= 4 is 0 Å². The Kier molecular flexibility index (Phi) is 3.01. The topological polar surface area (TPSA) is 30.7 Å². The lowest BCUT2D eigenvalue weighted by molar-refractivity contribution is 0.431. The van der Waals surface area contributed by atoms with Gasteiger partial charge >= 0.3 is 0 Å². The van der Waals surface area contributed by atoms with E-state index in [1.807, 2.05) is 13.1 Å². The van der Waals surface area contributed by atoms with Gasteiger partial charge in [0.1, 0.15) is 0 Å². The number of nitrogens with zero attached hydrogens (tertiary/aromatic N) is 3. The van der Waals surface area contributed by atoms with Gasteiger partial charge in [0.25, 0.3) is 0 Å². The Morgan fingerprint density at radius 1 is 1.64 bits per heavy atom. The quantitative estimate of drug-likeness (QED) is 0.657. The van der Waals surface area contributed by atoms with Crippen molar-refractivity contribution in [3.63, 3.8) is 0 Å². The van der Waals surface area contributed by atoms with E-state index in [2.05, 4.69) is 10.3 Å². The summed E-state index contributed by atoms with van der Waals surface area (Å²) in [6, 6.07) is 0. The van der Waals surface area contributed by atoms with E-state index in [0.717, 1.165) is 12.1 Å². The van der Waals surface area contributed by atoms with Crippen LogP contribution in [0.2, 0.25) is 0 Å². The van der Waals surface area contributed by atoms with E-state index in [9.17, 15) is 4.39 Å². The summed E-state index contributed by atoms with van der Waals surface area (Å²) in [5.74, 6) is 0. The molecule has 0 aliphatic carbocycles. The Bertz CT molecular complexity index is 209. The van der Waals surface area contributed by atoms with E-state index >= 15 is 0 Å². The molecule has 0 amide bonds. The lowest BCUT2D eigenvalue weighted by Crippen LogP contribution is -1.99. The average Bonchev–Trinajstić information content (AvgIpc) is 2.48. The molecular formula is C7H12FN3. The fourth-order valence-electron chi connectivity index (χ4n) is 0.832. The highest BCUT2D eigenvalue weighted by atomic mass is 19.1. The number of hydrogen-bond acceptors (Lipinski definition) is 2. The smallest absolute Gasteiger partial charge is 0.0912 e. The first kappa shape index (κ1) is 8.17. The summed E-state index contributed by atoms with van der Waals surface area (Å²) < 4.78 is 13.4. The third kappa shape index (κ3) is 2.29. The van der Waals surface area contributed by atoms with Crippen molar-refractivity contribution in [3.05, 3.63) is 11.9 Å². The van der Waals surface area contributed by atoms with Crippen LogP contribution in [-0.2, 0) is 13.0 Å². The molecule has 0 atom stereocenters. The van der Waals surface area contributed by atoms with Gasteiger partial charge in [-0.05, 0) is 12.8 Å². The Morgan fingerprint density at radius 2 is 2.45 bits per heavy atom. The highest BCUT2D eigenvalue weighted by Crippen LogP contribution is 1.94. The van der Waals surface area contributed by atoms with E-state index in [1.165, 1.54) is 0 Å². The van der Waals surface area contributed by atoms with Crippen molar-refractivity contribution in [2.75, 3.05) is 6.67 Å².